The Hall–Kier alpha value is -0.240. The van der Waals surface area contributed by atoms with E-state index >= 15 is 0 Å². The topological polar surface area (TPSA) is 26.3 Å². The molecule has 0 amide bonds. The van der Waals surface area contributed by atoms with Gasteiger partial charge >= 0.3 is 0 Å². The van der Waals surface area contributed by atoms with Crippen LogP contribution in [0, 0.1) is 0 Å². The molecular formula is C13H21O2PS. The average molecular weight is 272 g/mol. The second-order valence-corrected chi connectivity index (χ2v) is 7.84. The first-order valence-electron chi connectivity index (χ1n) is 6.04. The van der Waals surface area contributed by atoms with Crippen molar-refractivity contribution in [1.29, 1.82) is 0 Å². The van der Waals surface area contributed by atoms with Gasteiger partial charge in [-0.25, -0.2) is 0 Å². The Bertz CT molecular complexity index is 354. The standard InChI is InChI=1S/C13H21O2PS/c1-3-15-16(14,10-11-17-4-2)12-13-8-6-5-7-9-13/h5-9H,3-4,10-12H2,1-2H3. The molecule has 0 radical (unpaired) electrons. The zero-order valence-corrected chi connectivity index (χ0v) is 12.3. The number of hydrogen-bond acceptors (Lipinski definition) is 3. The van der Waals surface area contributed by atoms with Crippen molar-refractivity contribution in [2.75, 3.05) is 24.3 Å². The van der Waals surface area contributed by atoms with E-state index in [0.29, 0.717) is 18.9 Å². The number of rotatable bonds is 8. The second kappa shape index (κ2) is 7.97. The number of benzene rings is 1. The Morgan fingerprint density at radius 1 is 1.24 bits per heavy atom. The summed E-state index contributed by atoms with van der Waals surface area (Å²) < 4.78 is 18.1. The first kappa shape index (κ1) is 14.8. The maximum absolute atomic E-state index is 12.6. The molecular weight excluding hydrogens is 251 g/mol. The summed E-state index contributed by atoms with van der Waals surface area (Å²) in [6, 6.07) is 9.96. The molecule has 1 atom stereocenters. The second-order valence-electron chi connectivity index (χ2n) is 3.80. The minimum Gasteiger partial charge on any atom is -0.328 e. The van der Waals surface area contributed by atoms with Crippen LogP contribution < -0.4 is 0 Å². The molecule has 0 saturated heterocycles. The average Bonchev–Trinajstić information content (AvgIpc) is 2.31. The molecule has 2 nitrogen and oxygen atoms in total. The van der Waals surface area contributed by atoms with Gasteiger partial charge in [-0.2, -0.15) is 11.8 Å². The SMILES string of the molecule is CCOP(=O)(CCSCC)Cc1ccccc1. The molecule has 0 fully saturated rings. The van der Waals surface area contributed by atoms with Crippen molar-refractivity contribution in [2.24, 2.45) is 0 Å². The molecule has 0 aliphatic rings. The van der Waals surface area contributed by atoms with Gasteiger partial charge in [0.05, 0.1) is 6.61 Å². The molecule has 1 aromatic carbocycles. The highest BCUT2D eigenvalue weighted by molar-refractivity contribution is 7.99. The highest BCUT2D eigenvalue weighted by Gasteiger charge is 2.22. The third-order valence-electron chi connectivity index (χ3n) is 2.41. The van der Waals surface area contributed by atoms with Crippen molar-refractivity contribution in [2.45, 2.75) is 20.0 Å². The van der Waals surface area contributed by atoms with E-state index < -0.39 is 7.37 Å². The zero-order chi connectivity index (χ0) is 12.6. The Morgan fingerprint density at radius 3 is 2.53 bits per heavy atom. The third-order valence-corrected chi connectivity index (χ3v) is 6.10. The van der Waals surface area contributed by atoms with Crippen molar-refractivity contribution in [3.63, 3.8) is 0 Å². The molecule has 1 aromatic rings. The smallest absolute Gasteiger partial charge is 0.208 e. The van der Waals surface area contributed by atoms with Crippen LogP contribution >= 0.6 is 19.1 Å². The van der Waals surface area contributed by atoms with Crippen LogP contribution in [0.1, 0.15) is 19.4 Å². The van der Waals surface area contributed by atoms with E-state index in [1.165, 1.54) is 0 Å². The first-order valence-corrected chi connectivity index (χ1v) is 9.19. The number of hydrogen-bond donors (Lipinski definition) is 0. The predicted octanol–water partition coefficient (Wildman–Crippen LogP) is 4.25. The summed E-state index contributed by atoms with van der Waals surface area (Å²) in [5.41, 5.74) is 1.10. The molecule has 0 aliphatic carbocycles. The van der Waals surface area contributed by atoms with E-state index in [0.717, 1.165) is 17.1 Å². The fraction of sp³-hybridized carbons (Fsp3) is 0.538. The lowest BCUT2D eigenvalue weighted by Gasteiger charge is -2.17. The van der Waals surface area contributed by atoms with Gasteiger partial charge in [0.1, 0.15) is 0 Å². The lowest BCUT2D eigenvalue weighted by molar-refractivity contribution is 0.333. The van der Waals surface area contributed by atoms with Gasteiger partial charge < -0.3 is 4.52 Å². The Labute approximate surface area is 109 Å². The Morgan fingerprint density at radius 2 is 1.94 bits per heavy atom. The monoisotopic (exact) mass is 272 g/mol. The number of thioether (sulfide) groups is 1. The molecule has 0 aromatic heterocycles. The van der Waals surface area contributed by atoms with Crippen LogP contribution in [0.4, 0.5) is 0 Å². The van der Waals surface area contributed by atoms with Crippen LogP contribution in [-0.2, 0) is 15.3 Å². The van der Waals surface area contributed by atoms with Crippen LogP contribution in [0.25, 0.3) is 0 Å². The summed E-state index contributed by atoms with van der Waals surface area (Å²) in [6.07, 6.45) is 1.24. The van der Waals surface area contributed by atoms with Gasteiger partial charge in [-0.1, -0.05) is 37.3 Å². The zero-order valence-electron chi connectivity index (χ0n) is 10.6. The molecule has 0 heterocycles. The van der Waals surface area contributed by atoms with E-state index in [-0.39, 0.29) is 0 Å². The van der Waals surface area contributed by atoms with E-state index in [2.05, 4.69) is 6.92 Å². The van der Waals surface area contributed by atoms with Crippen molar-refractivity contribution in [1.82, 2.24) is 0 Å². The van der Waals surface area contributed by atoms with Gasteiger partial charge in [-0.15, -0.1) is 0 Å². The largest absolute Gasteiger partial charge is 0.328 e. The highest BCUT2D eigenvalue weighted by atomic mass is 32.2. The van der Waals surface area contributed by atoms with E-state index in [1.807, 2.05) is 49.0 Å². The maximum atomic E-state index is 12.6. The fourth-order valence-electron chi connectivity index (χ4n) is 1.63. The van der Waals surface area contributed by atoms with E-state index in [9.17, 15) is 4.57 Å². The van der Waals surface area contributed by atoms with Gasteiger partial charge in [-0.05, 0) is 18.2 Å². The quantitative estimate of drug-likeness (QED) is 0.522. The van der Waals surface area contributed by atoms with Crippen molar-refractivity contribution in [3.8, 4) is 0 Å². The summed E-state index contributed by atoms with van der Waals surface area (Å²) in [7, 11) is -2.49. The normalized spacial score (nSPS) is 14.5. The van der Waals surface area contributed by atoms with E-state index in [1.54, 1.807) is 0 Å². The summed E-state index contributed by atoms with van der Waals surface area (Å²) in [5.74, 6) is 1.98. The molecule has 96 valence electrons. The fourth-order valence-corrected chi connectivity index (χ4v) is 5.17. The Kier molecular flexibility index (Phi) is 6.94. The molecule has 0 saturated carbocycles. The van der Waals surface area contributed by atoms with E-state index in [4.69, 9.17) is 4.52 Å². The molecule has 0 aliphatic heterocycles. The first-order chi connectivity index (χ1) is 8.20. The van der Waals surface area contributed by atoms with Crippen LogP contribution in [-0.4, -0.2) is 24.3 Å². The molecule has 1 unspecified atom stereocenters. The molecule has 17 heavy (non-hydrogen) atoms. The van der Waals surface area contributed by atoms with Crippen LogP contribution in [0.15, 0.2) is 30.3 Å². The third kappa shape index (κ3) is 5.76. The lowest BCUT2D eigenvalue weighted by atomic mass is 10.2. The molecule has 0 spiro atoms. The predicted molar refractivity (Wildman–Crippen MR) is 77.2 cm³/mol. The van der Waals surface area contributed by atoms with Gasteiger partial charge in [0.25, 0.3) is 0 Å². The lowest BCUT2D eigenvalue weighted by Crippen LogP contribution is -2.01. The van der Waals surface area contributed by atoms with Crippen molar-refractivity contribution < 1.29 is 9.09 Å². The summed E-state index contributed by atoms with van der Waals surface area (Å²) in [4.78, 5) is 0. The van der Waals surface area contributed by atoms with Crippen LogP contribution in [0.3, 0.4) is 0 Å². The van der Waals surface area contributed by atoms with Crippen molar-refractivity contribution >= 4 is 19.1 Å². The Balaban J connectivity index is 2.61. The van der Waals surface area contributed by atoms with Crippen molar-refractivity contribution in [3.05, 3.63) is 35.9 Å². The highest BCUT2D eigenvalue weighted by Crippen LogP contribution is 2.50. The maximum Gasteiger partial charge on any atom is 0.208 e. The molecule has 4 heteroatoms. The molecule has 1 rings (SSSR count). The molecule has 0 N–H and O–H groups in total. The van der Waals surface area contributed by atoms with Gasteiger partial charge in [-0.3, -0.25) is 4.57 Å². The van der Waals surface area contributed by atoms with Gasteiger partial charge in [0.15, 0.2) is 0 Å². The minimum atomic E-state index is -2.49. The summed E-state index contributed by atoms with van der Waals surface area (Å²) in [5, 5.41) is 0. The minimum absolute atomic E-state index is 0.529. The molecule has 0 bridgehead atoms. The summed E-state index contributed by atoms with van der Waals surface area (Å²) in [6.45, 7) is 4.55. The van der Waals surface area contributed by atoms with Crippen LogP contribution in [0.2, 0.25) is 0 Å². The summed E-state index contributed by atoms with van der Waals surface area (Å²) >= 11 is 1.82. The van der Waals surface area contributed by atoms with Gasteiger partial charge in [0.2, 0.25) is 7.37 Å². The van der Waals surface area contributed by atoms with Crippen LogP contribution in [0.5, 0.6) is 0 Å². The van der Waals surface area contributed by atoms with Gasteiger partial charge in [0, 0.05) is 18.1 Å².